The molecule has 3 rings (SSSR count). The van der Waals surface area contributed by atoms with Crippen molar-refractivity contribution in [2.75, 3.05) is 13.1 Å². The smallest absolute Gasteiger partial charge is 0.316 e. The van der Waals surface area contributed by atoms with Crippen molar-refractivity contribution in [1.29, 1.82) is 0 Å². The second-order valence-electron chi connectivity index (χ2n) is 5.03. The number of halogens is 1. The van der Waals surface area contributed by atoms with Crippen molar-refractivity contribution in [3.05, 3.63) is 47.5 Å². The lowest BCUT2D eigenvalue weighted by Crippen LogP contribution is -2.44. The summed E-state index contributed by atoms with van der Waals surface area (Å²) in [6.45, 7) is 1.21. The number of hydrogen-bond acceptors (Lipinski definition) is 5. The number of piperidine rings is 1. The number of ether oxygens (including phenoxy) is 1. The van der Waals surface area contributed by atoms with Gasteiger partial charge in [0.15, 0.2) is 0 Å². The third-order valence-electron chi connectivity index (χ3n) is 3.42. The maximum Gasteiger partial charge on any atom is 0.316 e. The Bertz CT molecular complexity index is 636. The molecule has 0 N–H and O–H groups in total. The average molecular weight is 319 g/mol. The van der Waals surface area contributed by atoms with Gasteiger partial charge in [-0.2, -0.15) is 0 Å². The molecule has 0 aromatic carbocycles. The SMILES string of the molecule is O=C(c1ccccn1)N1CCCC(Oc2ncc(Cl)cn2)C1. The summed E-state index contributed by atoms with van der Waals surface area (Å²) in [5, 5.41) is 0.461. The van der Waals surface area contributed by atoms with Gasteiger partial charge in [0.1, 0.15) is 11.8 Å². The highest BCUT2D eigenvalue weighted by Gasteiger charge is 2.26. The Morgan fingerprint density at radius 2 is 2.09 bits per heavy atom. The van der Waals surface area contributed by atoms with Crippen LogP contribution >= 0.6 is 11.6 Å². The van der Waals surface area contributed by atoms with Crippen LogP contribution in [0.15, 0.2) is 36.8 Å². The normalized spacial score (nSPS) is 18.0. The molecule has 0 spiro atoms. The molecule has 1 aliphatic heterocycles. The Morgan fingerprint density at radius 1 is 1.27 bits per heavy atom. The fourth-order valence-corrected chi connectivity index (χ4v) is 2.48. The van der Waals surface area contributed by atoms with Crippen molar-refractivity contribution in [1.82, 2.24) is 19.9 Å². The molecule has 114 valence electrons. The van der Waals surface area contributed by atoms with Gasteiger partial charge in [-0.1, -0.05) is 17.7 Å². The van der Waals surface area contributed by atoms with Crippen LogP contribution in [0.3, 0.4) is 0 Å². The van der Waals surface area contributed by atoms with Crippen molar-refractivity contribution in [3.8, 4) is 6.01 Å². The summed E-state index contributed by atoms with van der Waals surface area (Å²) in [5.74, 6) is -0.0778. The molecule has 3 heterocycles. The number of rotatable bonds is 3. The molecule has 0 radical (unpaired) electrons. The van der Waals surface area contributed by atoms with Gasteiger partial charge in [-0.25, -0.2) is 9.97 Å². The van der Waals surface area contributed by atoms with Gasteiger partial charge in [-0.3, -0.25) is 9.78 Å². The van der Waals surface area contributed by atoms with E-state index < -0.39 is 0 Å². The minimum absolute atomic E-state index is 0.0778. The van der Waals surface area contributed by atoms with Crippen LogP contribution in [0.5, 0.6) is 6.01 Å². The molecule has 0 bridgehead atoms. The third-order valence-corrected chi connectivity index (χ3v) is 3.61. The summed E-state index contributed by atoms with van der Waals surface area (Å²) < 4.78 is 5.73. The van der Waals surface area contributed by atoms with E-state index in [4.69, 9.17) is 16.3 Å². The molecule has 1 amide bonds. The van der Waals surface area contributed by atoms with Gasteiger partial charge in [0.25, 0.3) is 5.91 Å². The van der Waals surface area contributed by atoms with Crippen LogP contribution in [0.25, 0.3) is 0 Å². The third kappa shape index (κ3) is 3.51. The van der Waals surface area contributed by atoms with Gasteiger partial charge in [0.05, 0.1) is 24.0 Å². The van der Waals surface area contributed by atoms with Crippen LogP contribution in [0, 0.1) is 0 Å². The molecule has 2 aromatic rings. The van der Waals surface area contributed by atoms with Crippen LogP contribution in [0.1, 0.15) is 23.3 Å². The number of carbonyl (C=O) groups excluding carboxylic acids is 1. The van der Waals surface area contributed by atoms with Crippen molar-refractivity contribution >= 4 is 17.5 Å². The van der Waals surface area contributed by atoms with E-state index in [1.165, 1.54) is 12.4 Å². The summed E-state index contributed by atoms with van der Waals surface area (Å²) in [5.41, 5.74) is 0.450. The van der Waals surface area contributed by atoms with Gasteiger partial charge in [0.2, 0.25) is 0 Å². The van der Waals surface area contributed by atoms with Crippen molar-refractivity contribution < 1.29 is 9.53 Å². The molecule has 0 aliphatic carbocycles. The summed E-state index contributed by atoms with van der Waals surface area (Å²) in [6, 6.07) is 5.59. The van der Waals surface area contributed by atoms with E-state index in [0.717, 1.165) is 12.8 Å². The van der Waals surface area contributed by atoms with Crippen LogP contribution < -0.4 is 4.74 Å². The first-order valence-electron chi connectivity index (χ1n) is 7.07. The number of amides is 1. The van der Waals surface area contributed by atoms with Crippen LogP contribution in [0.2, 0.25) is 5.02 Å². The molecule has 1 aliphatic rings. The standard InChI is InChI=1S/C15H15ClN4O2/c16-11-8-18-15(19-9-11)22-12-4-3-7-20(10-12)14(21)13-5-1-2-6-17-13/h1-2,5-6,8-9,12H,3-4,7,10H2. The lowest BCUT2D eigenvalue weighted by molar-refractivity contribution is 0.0511. The predicted molar refractivity (Wildman–Crippen MR) is 80.8 cm³/mol. The summed E-state index contributed by atoms with van der Waals surface area (Å²) in [4.78, 5) is 26.3. The Kier molecular flexibility index (Phi) is 4.48. The zero-order chi connectivity index (χ0) is 15.4. The van der Waals surface area contributed by atoms with Gasteiger partial charge in [0, 0.05) is 12.7 Å². The highest BCUT2D eigenvalue weighted by atomic mass is 35.5. The number of hydrogen-bond donors (Lipinski definition) is 0. The van der Waals surface area contributed by atoms with E-state index in [0.29, 0.717) is 23.8 Å². The maximum absolute atomic E-state index is 12.4. The van der Waals surface area contributed by atoms with E-state index in [-0.39, 0.29) is 18.0 Å². The number of pyridine rings is 1. The Balaban J connectivity index is 1.64. The first kappa shape index (κ1) is 14.7. The van der Waals surface area contributed by atoms with Crippen LogP contribution in [-0.2, 0) is 0 Å². The lowest BCUT2D eigenvalue weighted by Gasteiger charge is -2.32. The molecule has 1 atom stereocenters. The fraction of sp³-hybridized carbons (Fsp3) is 0.333. The molecule has 1 saturated heterocycles. The number of carbonyl (C=O) groups is 1. The fourth-order valence-electron chi connectivity index (χ4n) is 2.38. The first-order valence-corrected chi connectivity index (χ1v) is 7.44. The zero-order valence-corrected chi connectivity index (χ0v) is 12.6. The molecule has 7 heteroatoms. The second-order valence-corrected chi connectivity index (χ2v) is 5.47. The largest absolute Gasteiger partial charge is 0.458 e. The monoisotopic (exact) mass is 318 g/mol. The molecule has 2 aromatic heterocycles. The van der Waals surface area contributed by atoms with Gasteiger partial charge in [-0.05, 0) is 25.0 Å². The second kappa shape index (κ2) is 6.70. The Labute approximate surface area is 133 Å². The van der Waals surface area contributed by atoms with Crippen molar-refractivity contribution in [2.45, 2.75) is 18.9 Å². The van der Waals surface area contributed by atoms with E-state index in [2.05, 4.69) is 15.0 Å². The highest BCUT2D eigenvalue weighted by Crippen LogP contribution is 2.17. The van der Waals surface area contributed by atoms with E-state index in [9.17, 15) is 4.79 Å². The van der Waals surface area contributed by atoms with E-state index >= 15 is 0 Å². The Morgan fingerprint density at radius 3 is 2.82 bits per heavy atom. The zero-order valence-electron chi connectivity index (χ0n) is 11.9. The number of nitrogens with zero attached hydrogens (tertiary/aromatic N) is 4. The number of aromatic nitrogens is 3. The summed E-state index contributed by atoms with van der Waals surface area (Å²) in [6.07, 6.45) is 6.21. The van der Waals surface area contributed by atoms with Crippen molar-refractivity contribution in [2.24, 2.45) is 0 Å². The minimum atomic E-state index is -0.123. The summed E-state index contributed by atoms with van der Waals surface area (Å²) in [7, 11) is 0. The summed E-state index contributed by atoms with van der Waals surface area (Å²) >= 11 is 5.75. The predicted octanol–water partition coefficient (Wildman–Crippen LogP) is 2.21. The van der Waals surface area contributed by atoms with Gasteiger partial charge in [-0.15, -0.1) is 0 Å². The molecule has 22 heavy (non-hydrogen) atoms. The first-order chi connectivity index (χ1) is 10.7. The molecule has 6 nitrogen and oxygen atoms in total. The van der Waals surface area contributed by atoms with E-state index in [1.807, 2.05) is 0 Å². The van der Waals surface area contributed by atoms with Crippen LogP contribution in [0.4, 0.5) is 0 Å². The van der Waals surface area contributed by atoms with Gasteiger partial charge < -0.3 is 9.64 Å². The molecule has 0 saturated carbocycles. The Hall–Kier alpha value is -2.21. The quantitative estimate of drug-likeness (QED) is 0.868. The minimum Gasteiger partial charge on any atom is -0.458 e. The lowest BCUT2D eigenvalue weighted by atomic mass is 10.1. The molecular weight excluding hydrogens is 304 g/mol. The molecule has 1 fully saturated rings. The van der Waals surface area contributed by atoms with Crippen molar-refractivity contribution in [3.63, 3.8) is 0 Å². The topological polar surface area (TPSA) is 68.2 Å². The van der Waals surface area contributed by atoms with Crippen LogP contribution in [-0.4, -0.2) is 45.0 Å². The van der Waals surface area contributed by atoms with E-state index in [1.54, 1.807) is 29.3 Å². The van der Waals surface area contributed by atoms with Gasteiger partial charge >= 0.3 is 6.01 Å². The average Bonchev–Trinajstić information content (AvgIpc) is 2.57. The number of likely N-dealkylation sites (tertiary alicyclic amines) is 1. The maximum atomic E-state index is 12.4. The molecular formula is C15H15ClN4O2. The molecule has 1 unspecified atom stereocenters. The highest BCUT2D eigenvalue weighted by molar-refractivity contribution is 6.30.